The molecule has 1 atom stereocenters. The molecule has 0 N–H and O–H groups in total. The molecule has 1 aliphatic heterocycles. The molecule has 94 valence electrons. The molecule has 0 bridgehead atoms. The van der Waals surface area contributed by atoms with Gasteiger partial charge in [-0.3, -0.25) is 0 Å². The minimum atomic E-state index is -0.450. The molecule has 0 spiro atoms. The Balaban J connectivity index is 2.22. The Labute approximate surface area is 101 Å². The molecule has 1 fully saturated rings. The third-order valence-electron chi connectivity index (χ3n) is 3.65. The second-order valence-electron chi connectivity index (χ2n) is 5.16. The van der Waals surface area contributed by atoms with Gasteiger partial charge in [-0.25, -0.2) is 8.78 Å². The van der Waals surface area contributed by atoms with Crippen molar-refractivity contribution in [1.29, 1.82) is 0 Å². The van der Waals surface area contributed by atoms with Crippen molar-refractivity contribution >= 4 is 5.69 Å². The summed E-state index contributed by atoms with van der Waals surface area (Å²) in [5.41, 5.74) is 0.151. The van der Waals surface area contributed by atoms with Crippen LogP contribution in [0.4, 0.5) is 14.5 Å². The van der Waals surface area contributed by atoms with E-state index in [1.165, 1.54) is 18.2 Å². The first-order chi connectivity index (χ1) is 8.09. The lowest BCUT2D eigenvalue weighted by molar-refractivity contribution is 0.319. The van der Waals surface area contributed by atoms with Gasteiger partial charge in [0.15, 0.2) is 0 Å². The minimum absolute atomic E-state index is 0.151. The predicted octanol–water partition coefficient (Wildman–Crippen LogP) is 3.84. The van der Waals surface area contributed by atoms with Crippen LogP contribution in [0.2, 0.25) is 0 Å². The van der Waals surface area contributed by atoms with Crippen molar-refractivity contribution in [3.05, 3.63) is 29.8 Å². The highest BCUT2D eigenvalue weighted by molar-refractivity contribution is 5.49. The molecule has 0 amide bonds. The van der Waals surface area contributed by atoms with Gasteiger partial charge in [-0.2, -0.15) is 0 Å². The zero-order chi connectivity index (χ0) is 12.4. The van der Waals surface area contributed by atoms with E-state index >= 15 is 0 Å². The van der Waals surface area contributed by atoms with Crippen LogP contribution in [-0.4, -0.2) is 13.1 Å². The van der Waals surface area contributed by atoms with Gasteiger partial charge < -0.3 is 4.90 Å². The Morgan fingerprint density at radius 3 is 2.47 bits per heavy atom. The second kappa shape index (κ2) is 5.03. The fourth-order valence-electron chi connectivity index (χ4n) is 2.55. The molecular formula is C14H19F2N. The summed E-state index contributed by atoms with van der Waals surface area (Å²) in [4.78, 5) is 1.86. The lowest BCUT2D eigenvalue weighted by atomic mass is 9.87. The standard InChI is InChI=1S/C14H19F2N/c1-10(2)11-5-4-8-17(9-11)14-12(15)6-3-7-13(14)16/h3,6-7,10-11H,4-5,8-9H2,1-2H3. The summed E-state index contributed by atoms with van der Waals surface area (Å²) in [6.45, 7) is 5.86. The van der Waals surface area contributed by atoms with E-state index in [9.17, 15) is 8.78 Å². The van der Waals surface area contributed by atoms with Gasteiger partial charge in [-0.1, -0.05) is 19.9 Å². The Bertz CT molecular complexity index is 370. The molecule has 1 aromatic rings. The molecule has 1 aliphatic rings. The molecule has 0 radical (unpaired) electrons. The van der Waals surface area contributed by atoms with Gasteiger partial charge in [0.1, 0.15) is 17.3 Å². The summed E-state index contributed by atoms with van der Waals surface area (Å²) in [5.74, 6) is 0.194. The average molecular weight is 239 g/mol. The summed E-state index contributed by atoms with van der Waals surface area (Å²) in [6.07, 6.45) is 2.17. The third-order valence-corrected chi connectivity index (χ3v) is 3.65. The molecule has 17 heavy (non-hydrogen) atoms. The zero-order valence-corrected chi connectivity index (χ0v) is 10.4. The van der Waals surface area contributed by atoms with E-state index < -0.39 is 11.6 Å². The van der Waals surface area contributed by atoms with Crippen LogP contribution in [0.5, 0.6) is 0 Å². The number of nitrogens with zero attached hydrogens (tertiary/aromatic N) is 1. The molecule has 1 heterocycles. The average Bonchev–Trinajstić information content (AvgIpc) is 2.29. The van der Waals surface area contributed by atoms with E-state index in [2.05, 4.69) is 13.8 Å². The number of halogens is 2. The van der Waals surface area contributed by atoms with Crippen molar-refractivity contribution in [3.8, 4) is 0 Å². The maximum absolute atomic E-state index is 13.7. The largest absolute Gasteiger partial charge is 0.367 e. The SMILES string of the molecule is CC(C)C1CCCN(c2c(F)cccc2F)C1. The predicted molar refractivity (Wildman–Crippen MR) is 66.1 cm³/mol. The van der Waals surface area contributed by atoms with E-state index in [0.717, 1.165) is 25.9 Å². The molecule has 0 aromatic heterocycles. The topological polar surface area (TPSA) is 3.24 Å². The smallest absolute Gasteiger partial charge is 0.149 e. The summed E-state index contributed by atoms with van der Waals surface area (Å²) in [6, 6.07) is 4.08. The van der Waals surface area contributed by atoms with Crippen LogP contribution in [0.15, 0.2) is 18.2 Å². The van der Waals surface area contributed by atoms with E-state index in [4.69, 9.17) is 0 Å². The van der Waals surface area contributed by atoms with Crippen molar-refractivity contribution in [2.45, 2.75) is 26.7 Å². The highest BCUT2D eigenvalue weighted by Crippen LogP contribution is 2.30. The Kier molecular flexibility index (Phi) is 3.65. The summed E-state index contributed by atoms with van der Waals surface area (Å²) in [5, 5.41) is 0. The first-order valence-electron chi connectivity index (χ1n) is 6.28. The third kappa shape index (κ3) is 2.59. The monoisotopic (exact) mass is 239 g/mol. The molecule has 2 rings (SSSR count). The molecular weight excluding hydrogens is 220 g/mol. The van der Waals surface area contributed by atoms with Gasteiger partial charge in [-0.05, 0) is 36.8 Å². The number of rotatable bonds is 2. The van der Waals surface area contributed by atoms with E-state index in [1.54, 1.807) is 0 Å². The van der Waals surface area contributed by atoms with Crippen LogP contribution in [-0.2, 0) is 0 Å². The molecule has 0 saturated carbocycles. The normalized spacial score (nSPS) is 21.0. The number of hydrogen-bond donors (Lipinski definition) is 0. The zero-order valence-electron chi connectivity index (χ0n) is 10.4. The molecule has 1 unspecified atom stereocenters. The summed E-state index contributed by atoms with van der Waals surface area (Å²) < 4.78 is 27.4. The van der Waals surface area contributed by atoms with Crippen LogP contribution in [0.3, 0.4) is 0 Å². The maximum atomic E-state index is 13.7. The summed E-state index contributed by atoms with van der Waals surface area (Å²) >= 11 is 0. The number of piperidine rings is 1. The highest BCUT2D eigenvalue weighted by atomic mass is 19.1. The van der Waals surface area contributed by atoms with Crippen molar-refractivity contribution in [2.75, 3.05) is 18.0 Å². The lowest BCUT2D eigenvalue weighted by Gasteiger charge is -2.36. The van der Waals surface area contributed by atoms with Gasteiger partial charge >= 0.3 is 0 Å². The molecule has 1 aromatic carbocycles. The van der Waals surface area contributed by atoms with E-state index in [1.807, 2.05) is 4.90 Å². The van der Waals surface area contributed by atoms with Gasteiger partial charge in [0, 0.05) is 13.1 Å². The van der Waals surface area contributed by atoms with Crippen molar-refractivity contribution < 1.29 is 8.78 Å². The molecule has 1 saturated heterocycles. The fourth-order valence-corrected chi connectivity index (χ4v) is 2.55. The van der Waals surface area contributed by atoms with E-state index in [-0.39, 0.29) is 5.69 Å². The molecule has 1 nitrogen and oxygen atoms in total. The Hall–Kier alpha value is -1.12. The van der Waals surface area contributed by atoms with Crippen LogP contribution in [0.25, 0.3) is 0 Å². The van der Waals surface area contributed by atoms with Crippen molar-refractivity contribution in [2.24, 2.45) is 11.8 Å². The number of hydrogen-bond acceptors (Lipinski definition) is 1. The second-order valence-corrected chi connectivity index (χ2v) is 5.16. The summed E-state index contributed by atoms with van der Waals surface area (Å²) in [7, 11) is 0. The van der Waals surface area contributed by atoms with Crippen LogP contribution < -0.4 is 4.90 Å². The molecule has 0 aliphatic carbocycles. The number of benzene rings is 1. The Morgan fingerprint density at radius 1 is 1.24 bits per heavy atom. The first-order valence-corrected chi connectivity index (χ1v) is 6.28. The van der Waals surface area contributed by atoms with Crippen molar-refractivity contribution in [1.82, 2.24) is 0 Å². The van der Waals surface area contributed by atoms with Crippen molar-refractivity contribution in [3.63, 3.8) is 0 Å². The van der Waals surface area contributed by atoms with Crippen LogP contribution >= 0.6 is 0 Å². The lowest BCUT2D eigenvalue weighted by Crippen LogP contribution is -2.38. The van der Waals surface area contributed by atoms with Gasteiger partial charge in [-0.15, -0.1) is 0 Å². The van der Waals surface area contributed by atoms with Gasteiger partial charge in [0.2, 0.25) is 0 Å². The maximum Gasteiger partial charge on any atom is 0.149 e. The minimum Gasteiger partial charge on any atom is -0.367 e. The number of para-hydroxylation sites is 1. The van der Waals surface area contributed by atoms with E-state index in [0.29, 0.717) is 11.8 Å². The molecule has 3 heteroatoms. The van der Waals surface area contributed by atoms with Crippen LogP contribution in [0, 0.1) is 23.5 Å². The fraction of sp³-hybridized carbons (Fsp3) is 0.571. The highest BCUT2D eigenvalue weighted by Gasteiger charge is 2.25. The first kappa shape index (κ1) is 12.3. The quantitative estimate of drug-likeness (QED) is 0.758. The van der Waals surface area contributed by atoms with Gasteiger partial charge in [0.25, 0.3) is 0 Å². The number of anilines is 1. The van der Waals surface area contributed by atoms with Gasteiger partial charge in [0.05, 0.1) is 0 Å². The Morgan fingerprint density at radius 2 is 1.88 bits per heavy atom. The van der Waals surface area contributed by atoms with Crippen LogP contribution in [0.1, 0.15) is 26.7 Å².